The smallest absolute Gasteiger partial charge is 0.156 e. The van der Waals surface area contributed by atoms with Crippen LogP contribution in [0.1, 0.15) is 58.8 Å². The zero-order valence-electron chi connectivity index (χ0n) is 16.3. The Morgan fingerprint density at radius 1 is 1.04 bits per heavy atom. The van der Waals surface area contributed by atoms with Crippen LogP contribution in [0.4, 0.5) is 0 Å². The first-order valence-corrected chi connectivity index (χ1v) is 10.3. The highest BCUT2D eigenvalue weighted by Gasteiger charge is 2.68. The van der Waals surface area contributed by atoms with Crippen molar-refractivity contribution in [2.45, 2.75) is 82.7 Å². The molecule has 0 radical (unpaired) electrons. The minimum absolute atomic E-state index is 0.0743. The summed E-state index contributed by atoms with van der Waals surface area (Å²) >= 11 is 0. The largest absolute Gasteiger partial charge is 0.393 e. The van der Waals surface area contributed by atoms with Crippen LogP contribution in [-0.4, -0.2) is 46.3 Å². The Morgan fingerprint density at radius 2 is 1.77 bits per heavy atom. The van der Waals surface area contributed by atoms with E-state index in [-0.39, 0.29) is 23.4 Å². The zero-order valence-corrected chi connectivity index (χ0v) is 16.3. The van der Waals surface area contributed by atoms with Gasteiger partial charge in [0.15, 0.2) is 5.60 Å². The maximum atomic E-state index is 11.2. The van der Waals surface area contributed by atoms with E-state index in [1.165, 1.54) is 0 Å². The Hall–Kier alpha value is -0.600. The summed E-state index contributed by atoms with van der Waals surface area (Å²) in [5, 5.41) is 32.8. The highest BCUT2D eigenvalue weighted by Crippen LogP contribution is 2.68. The van der Waals surface area contributed by atoms with Gasteiger partial charge in [-0.25, -0.2) is 0 Å². The lowest BCUT2D eigenvalue weighted by molar-refractivity contribution is -0.187. The van der Waals surface area contributed by atoms with Crippen molar-refractivity contribution in [3.63, 3.8) is 0 Å². The molecule has 26 heavy (non-hydrogen) atoms. The van der Waals surface area contributed by atoms with Crippen LogP contribution in [0.2, 0.25) is 0 Å². The van der Waals surface area contributed by atoms with Crippen molar-refractivity contribution in [1.82, 2.24) is 0 Å². The molecular weight excluding hydrogens is 328 g/mol. The highest BCUT2D eigenvalue weighted by atomic mass is 16.5. The van der Waals surface area contributed by atoms with Crippen molar-refractivity contribution < 1.29 is 20.1 Å². The first-order chi connectivity index (χ1) is 12.2. The van der Waals surface area contributed by atoms with Gasteiger partial charge in [0, 0.05) is 12.5 Å². The first kappa shape index (κ1) is 18.7. The van der Waals surface area contributed by atoms with Gasteiger partial charge in [-0.3, -0.25) is 0 Å². The standard InChI is InChI=1S/C22H34O4/c1-5-22(25)18(24)12-16-19-15(7-9-21(16,22)3)20(2)8-6-14(26-4)10-13(20)11-17(19)23/h1,13-19,23-25H,6-12H2,2-4H3/t13-,14-,15?,16?,17-,18+,19?,20-,21-,22-/m0/s1. The number of aliphatic hydroxyl groups excluding tert-OH is 2. The van der Waals surface area contributed by atoms with Crippen LogP contribution >= 0.6 is 0 Å². The van der Waals surface area contributed by atoms with E-state index in [0.29, 0.717) is 24.4 Å². The molecule has 0 bridgehead atoms. The van der Waals surface area contributed by atoms with Crippen molar-refractivity contribution in [3.05, 3.63) is 0 Å². The molecule has 0 saturated heterocycles. The fraction of sp³-hybridized carbons (Fsp3) is 0.909. The second-order valence-electron chi connectivity index (χ2n) is 10.0. The number of methoxy groups -OCH3 is 1. The van der Waals surface area contributed by atoms with Gasteiger partial charge in [0.05, 0.1) is 18.3 Å². The summed E-state index contributed by atoms with van der Waals surface area (Å²) in [4.78, 5) is 0. The molecule has 0 aliphatic heterocycles. The lowest BCUT2D eigenvalue weighted by atomic mass is 9.43. The molecule has 0 aromatic heterocycles. The Bertz CT molecular complexity index is 614. The number of hydrogen-bond donors (Lipinski definition) is 3. The van der Waals surface area contributed by atoms with Crippen LogP contribution in [0.25, 0.3) is 0 Å². The summed E-state index contributed by atoms with van der Waals surface area (Å²) in [5.41, 5.74) is -1.79. The molecule has 4 nitrogen and oxygen atoms in total. The number of ether oxygens (including phenoxy) is 1. The molecule has 4 aliphatic rings. The van der Waals surface area contributed by atoms with Crippen molar-refractivity contribution >= 4 is 0 Å². The zero-order chi connectivity index (χ0) is 18.9. The predicted octanol–water partition coefficient (Wildman–Crippen LogP) is 2.35. The Labute approximate surface area is 157 Å². The molecule has 4 rings (SSSR count). The van der Waals surface area contributed by atoms with Crippen molar-refractivity contribution in [3.8, 4) is 12.3 Å². The van der Waals surface area contributed by atoms with Crippen LogP contribution in [0.15, 0.2) is 0 Å². The Kier molecular flexibility index (Phi) is 4.29. The molecular formula is C22H34O4. The second-order valence-corrected chi connectivity index (χ2v) is 10.0. The number of rotatable bonds is 1. The van der Waals surface area contributed by atoms with Crippen LogP contribution in [0.3, 0.4) is 0 Å². The van der Waals surface area contributed by atoms with E-state index in [4.69, 9.17) is 11.2 Å². The molecule has 4 aliphatic carbocycles. The molecule has 146 valence electrons. The van der Waals surface area contributed by atoms with E-state index in [1.54, 1.807) is 7.11 Å². The molecule has 0 aromatic carbocycles. The van der Waals surface area contributed by atoms with Gasteiger partial charge >= 0.3 is 0 Å². The highest BCUT2D eigenvalue weighted by molar-refractivity contribution is 5.27. The lowest BCUT2D eigenvalue weighted by Gasteiger charge is -2.62. The summed E-state index contributed by atoms with van der Waals surface area (Å²) in [5.74, 6) is 3.63. The minimum atomic E-state index is -1.48. The lowest BCUT2D eigenvalue weighted by Crippen LogP contribution is -2.61. The molecule has 0 amide bonds. The van der Waals surface area contributed by atoms with Gasteiger partial charge in [-0.05, 0) is 74.0 Å². The molecule has 10 atom stereocenters. The second kappa shape index (κ2) is 5.95. The van der Waals surface area contributed by atoms with E-state index in [1.807, 2.05) is 6.92 Å². The Balaban J connectivity index is 1.68. The summed E-state index contributed by atoms with van der Waals surface area (Å²) in [6, 6.07) is 0. The topological polar surface area (TPSA) is 69.9 Å². The van der Waals surface area contributed by atoms with Gasteiger partial charge in [0.25, 0.3) is 0 Å². The van der Waals surface area contributed by atoms with Crippen molar-refractivity contribution in [2.24, 2.45) is 34.5 Å². The molecule has 4 heteroatoms. The number of aliphatic hydroxyl groups is 3. The third-order valence-corrected chi connectivity index (χ3v) is 9.41. The maximum absolute atomic E-state index is 11.2. The van der Waals surface area contributed by atoms with Crippen LogP contribution in [-0.2, 0) is 4.74 Å². The monoisotopic (exact) mass is 362 g/mol. The van der Waals surface area contributed by atoms with Gasteiger partial charge in [0.1, 0.15) is 0 Å². The van der Waals surface area contributed by atoms with Gasteiger partial charge < -0.3 is 20.1 Å². The maximum Gasteiger partial charge on any atom is 0.156 e. The van der Waals surface area contributed by atoms with E-state index < -0.39 is 17.1 Å². The molecule has 0 spiro atoms. The normalized spacial score (nSPS) is 59.0. The van der Waals surface area contributed by atoms with Gasteiger partial charge in [-0.2, -0.15) is 0 Å². The summed E-state index contributed by atoms with van der Waals surface area (Å²) in [7, 11) is 1.79. The molecule has 0 aromatic rings. The van der Waals surface area contributed by atoms with Gasteiger partial charge in [-0.15, -0.1) is 6.42 Å². The SMILES string of the molecule is C#C[C@]1(O)[C@H](O)CC2C3C(CC[C@@]21C)[C@@]1(C)CC[C@H](OC)C[C@H]1C[C@@H]3O. The van der Waals surface area contributed by atoms with E-state index in [0.717, 1.165) is 38.5 Å². The Morgan fingerprint density at radius 3 is 2.42 bits per heavy atom. The third kappa shape index (κ3) is 2.18. The average molecular weight is 363 g/mol. The van der Waals surface area contributed by atoms with E-state index in [2.05, 4.69) is 12.8 Å². The van der Waals surface area contributed by atoms with Crippen LogP contribution in [0, 0.1) is 46.8 Å². The summed E-state index contributed by atoms with van der Waals surface area (Å²) in [6.07, 6.45) is 11.0. The van der Waals surface area contributed by atoms with Gasteiger partial charge in [-0.1, -0.05) is 19.8 Å². The molecule has 0 heterocycles. The summed E-state index contributed by atoms with van der Waals surface area (Å²) in [6.45, 7) is 4.45. The number of terminal acetylenes is 1. The fourth-order valence-corrected chi connectivity index (χ4v) is 7.68. The van der Waals surface area contributed by atoms with Crippen molar-refractivity contribution in [1.29, 1.82) is 0 Å². The molecule has 3 unspecified atom stereocenters. The third-order valence-electron chi connectivity index (χ3n) is 9.41. The van der Waals surface area contributed by atoms with Crippen LogP contribution < -0.4 is 0 Å². The molecule has 4 saturated carbocycles. The van der Waals surface area contributed by atoms with E-state index in [9.17, 15) is 15.3 Å². The number of hydrogen-bond acceptors (Lipinski definition) is 4. The van der Waals surface area contributed by atoms with Gasteiger partial charge in [0.2, 0.25) is 0 Å². The van der Waals surface area contributed by atoms with Crippen LogP contribution in [0.5, 0.6) is 0 Å². The molecule has 4 fully saturated rings. The quantitative estimate of drug-likeness (QED) is 0.626. The molecule has 3 N–H and O–H groups in total. The number of fused-ring (bicyclic) bond motifs is 5. The minimum Gasteiger partial charge on any atom is -0.393 e. The average Bonchev–Trinajstić information content (AvgIpc) is 2.83. The van der Waals surface area contributed by atoms with Crippen molar-refractivity contribution in [2.75, 3.05) is 7.11 Å². The first-order valence-electron chi connectivity index (χ1n) is 10.3. The predicted molar refractivity (Wildman–Crippen MR) is 99.1 cm³/mol. The fourth-order valence-electron chi connectivity index (χ4n) is 7.68. The van der Waals surface area contributed by atoms with E-state index >= 15 is 0 Å². The summed E-state index contributed by atoms with van der Waals surface area (Å²) < 4.78 is 5.63.